The molecule has 0 bridgehead atoms. The fourth-order valence-electron chi connectivity index (χ4n) is 2.60. The van der Waals surface area contributed by atoms with Crippen molar-refractivity contribution in [1.82, 2.24) is 15.5 Å². The highest BCUT2D eigenvalue weighted by molar-refractivity contribution is 5.93. The van der Waals surface area contributed by atoms with Crippen LogP contribution in [0.25, 0.3) is 0 Å². The van der Waals surface area contributed by atoms with Crippen molar-refractivity contribution in [3.05, 3.63) is 0 Å². The molecule has 0 aromatic carbocycles. The van der Waals surface area contributed by atoms with Crippen LogP contribution in [0.4, 0.5) is 0 Å². The van der Waals surface area contributed by atoms with Crippen LogP contribution in [0.5, 0.6) is 0 Å². The maximum atomic E-state index is 12.3. The van der Waals surface area contributed by atoms with E-state index in [1.807, 2.05) is 0 Å². The summed E-state index contributed by atoms with van der Waals surface area (Å²) in [6.45, 7) is 2.40. The zero-order valence-corrected chi connectivity index (χ0v) is 14.7. The van der Waals surface area contributed by atoms with Crippen molar-refractivity contribution in [2.75, 3.05) is 13.1 Å². The van der Waals surface area contributed by atoms with Gasteiger partial charge >= 0.3 is 5.97 Å². The van der Waals surface area contributed by atoms with E-state index in [9.17, 15) is 29.4 Å². The molecule has 1 aliphatic rings. The number of aliphatic carboxylic acids is 1. The van der Waals surface area contributed by atoms with Crippen LogP contribution in [-0.4, -0.2) is 87.3 Å². The smallest absolute Gasteiger partial charge is 0.328 e. The Bertz CT molecular complexity index is 552. The molecule has 26 heavy (non-hydrogen) atoms. The number of amides is 3. The molecule has 5 unspecified atom stereocenters. The van der Waals surface area contributed by atoms with Crippen molar-refractivity contribution >= 4 is 23.7 Å². The number of carbonyl (C=O) groups excluding carboxylic acids is 3. The van der Waals surface area contributed by atoms with Gasteiger partial charge in [0.15, 0.2) is 6.04 Å². The average Bonchev–Trinajstić information content (AvgIpc) is 3.05. The average molecular weight is 374 g/mol. The van der Waals surface area contributed by atoms with E-state index in [1.165, 1.54) is 18.7 Å². The second-order valence-electron chi connectivity index (χ2n) is 6.30. The fourth-order valence-corrected chi connectivity index (χ4v) is 2.60. The molecule has 11 heteroatoms. The number of hydrogen-bond acceptors (Lipinski definition) is 7. The summed E-state index contributed by atoms with van der Waals surface area (Å²) in [7, 11) is 0. The highest BCUT2D eigenvalue weighted by Gasteiger charge is 2.37. The van der Waals surface area contributed by atoms with Crippen LogP contribution in [0.1, 0.15) is 26.7 Å². The van der Waals surface area contributed by atoms with Crippen molar-refractivity contribution in [2.24, 2.45) is 5.73 Å². The number of carbonyl (C=O) groups is 4. The van der Waals surface area contributed by atoms with Crippen LogP contribution in [-0.2, 0) is 19.2 Å². The minimum atomic E-state index is -1.49. The summed E-state index contributed by atoms with van der Waals surface area (Å²) in [4.78, 5) is 48.4. The number of nitrogens with zero attached hydrogens (tertiary/aromatic N) is 1. The van der Waals surface area contributed by atoms with Crippen LogP contribution in [0.15, 0.2) is 0 Å². The van der Waals surface area contributed by atoms with Crippen LogP contribution in [0, 0.1) is 0 Å². The Morgan fingerprint density at radius 1 is 1.19 bits per heavy atom. The standard InChI is InChI=1S/C15H26N4O7/c1-7(20)11(16)14(24)19-5-3-4-9(19)13(23)17-6-10(22)18-12(8(2)21)15(25)26/h7-9,11-12,20-21H,3-6,16H2,1-2H3,(H,17,23)(H,18,22)(H,25,26). The highest BCUT2D eigenvalue weighted by atomic mass is 16.4. The van der Waals surface area contributed by atoms with Crippen molar-refractivity contribution in [3.8, 4) is 0 Å². The first-order valence-electron chi connectivity index (χ1n) is 8.28. The Morgan fingerprint density at radius 3 is 2.31 bits per heavy atom. The maximum Gasteiger partial charge on any atom is 0.328 e. The van der Waals surface area contributed by atoms with E-state index in [1.54, 1.807) is 0 Å². The van der Waals surface area contributed by atoms with Crippen molar-refractivity contribution in [1.29, 1.82) is 0 Å². The SMILES string of the molecule is CC(O)C(N)C(=O)N1CCCC1C(=O)NCC(=O)NC(C(=O)O)C(C)O. The largest absolute Gasteiger partial charge is 0.480 e. The predicted octanol–water partition coefficient (Wildman–Crippen LogP) is -3.25. The summed E-state index contributed by atoms with van der Waals surface area (Å²) >= 11 is 0. The molecular formula is C15H26N4O7. The molecule has 1 heterocycles. The monoisotopic (exact) mass is 374 g/mol. The first-order valence-corrected chi connectivity index (χ1v) is 8.28. The Hall–Kier alpha value is -2.24. The molecule has 1 aliphatic heterocycles. The summed E-state index contributed by atoms with van der Waals surface area (Å²) in [5.74, 6) is -3.32. The zero-order chi connectivity index (χ0) is 20.0. The summed E-state index contributed by atoms with van der Waals surface area (Å²) in [5, 5.41) is 32.1. The molecule has 0 radical (unpaired) electrons. The Labute approximate surface area is 150 Å². The van der Waals surface area contributed by atoms with E-state index in [-0.39, 0.29) is 0 Å². The second kappa shape index (κ2) is 9.46. The van der Waals surface area contributed by atoms with Crippen molar-refractivity contribution in [2.45, 2.75) is 57.0 Å². The van der Waals surface area contributed by atoms with Crippen LogP contribution in [0.3, 0.4) is 0 Å². The molecule has 11 nitrogen and oxygen atoms in total. The summed E-state index contributed by atoms with van der Waals surface area (Å²) in [5.41, 5.74) is 5.62. The molecule has 0 aromatic rings. The van der Waals surface area contributed by atoms with E-state index < -0.39 is 60.6 Å². The Morgan fingerprint density at radius 2 is 1.81 bits per heavy atom. The number of nitrogens with one attached hydrogen (secondary N) is 2. The topological polar surface area (TPSA) is 182 Å². The lowest BCUT2D eigenvalue weighted by Gasteiger charge is -2.27. The van der Waals surface area contributed by atoms with Crippen LogP contribution in [0.2, 0.25) is 0 Å². The lowest BCUT2D eigenvalue weighted by molar-refractivity contribution is -0.145. The molecule has 0 saturated carbocycles. The lowest BCUT2D eigenvalue weighted by Crippen LogP contribution is -2.55. The minimum Gasteiger partial charge on any atom is -0.480 e. The third-order valence-corrected chi connectivity index (χ3v) is 4.13. The number of carboxylic acids is 1. The van der Waals surface area contributed by atoms with E-state index in [2.05, 4.69) is 10.6 Å². The molecule has 0 aromatic heterocycles. The van der Waals surface area contributed by atoms with Gasteiger partial charge in [0.25, 0.3) is 0 Å². The Balaban J connectivity index is 2.60. The van der Waals surface area contributed by atoms with E-state index in [0.29, 0.717) is 19.4 Å². The van der Waals surface area contributed by atoms with E-state index >= 15 is 0 Å². The summed E-state index contributed by atoms with van der Waals surface area (Å²) in [6.07, 6.45) is -1.41. The molecule has 5 atom stereocenters. The van der Waals surface area contributed by atoms with Gasteiger partial charge in [-0.3, -0.25) is 14.4 Å². The van der Waals surface area contributed by atoms with Gasteiger partial charge in [0, 0.05) is 6.54 Å². The molecule has 1 fully saturated rings. The van der Waals surface area contributed by atoms with Gasteiger partial charge in [-0.1, -0.05) is 0 Å². The summed E-state index contributed by atoms with van der Waals surface area (Å²) in [6, 6.07) is -3.45. The number of aliphatic hydroxyl groups excluding tert-OH is 2. The molecule has 148 valence electrons. The predicted molar refractivity (Wildman–Crippen MR) is 88.6 cm³/mol. The quantitative estimate of drug-likeness (QED) is 0.256. The number of likely N-dealkylation sites (tertiary alicyclic amines) is 1. The highest BCUT2D eigenvalue weighted by Crippen LogP contribution is 2.18. The van der Waals surface area contributed by atoms with Crippen molar-refractivity contribution < 1.29 is 34.5 Å². The van der Waals surface area contributed by atoms with Gasteiger partial charge in [0.05, 0.1) is 18.8 Å². The van der Waals surface area contributed by atoms with Gasteiger partial charge in [-0.2, -0.15) is 0 Å². The Kier molecular flexibility index (Phi) is 7.93. The van der Waals surface area contributed by atoms with Gasteiger partial charge in [-0.25, -0.2) is 4.79 Å². The lowest BCUT2D eigenvalue weighted by atomic mass is 10.1. The maximum absolute atomic E-state index is 12.3. The van der Waals surface area contributed by atoms with E-state index in [0.717, 1.165) is 0 Å². The number of carboxylic acid groups (broad SMARTS) is 1. The number of nitrogens with two attached hydrogens (primary N) is 1. The number of hydrogen-bond donors (Lipinski definition) is 6. The molecular weight excluding hydrogens is 348 g/mol. The second-order valence-corrected chi connectivity index (χ2v) is 6.30. The number of rotatable bonds is 8. The minimum absolute atomic E-state index is 0.312. The van der Waals surface area contributed by atoms with Gasteiger partial charge in [-0.05, 0) is 26.7 Å². The molecule has 7 N–H and O–H groups in total. The first kappa shape index (κ1) is 21.8. The fraction of sp³-hybridized carbons (Fsp3) is 0.733. The van der Waals surface area contributed by atoms with Crippen LogP contribution < -0.4 is 16.4 Å². The van der Waals surface area contributed by atoms with E-state index in [4.69, 9.17) is 10.8 Å². The van der Waals surface area contributed by atoms with Gasteiger partial charge < -0.3 is 36.6 Å². The van der Waals surface area contributed by atoms with Crippen LogP contribution >= 0.6 is 0 Å². The normalized spacial score (nSPS) is 21.4. The third-order valence-electron chi connectivity index (χ3n) is 4.13. The summed E-state index contributed by atoms with van der Waals surface area (Å²) < 4.78 is 0. The molecule has 1 saturated heterocycles. The first-order chi connectivity index (χ1) is 12.1. The molecule has 0 aliphatic carbocycles. The number of aliphatic hydroxyl groups is 2. The van der Waals surface area contributed by atoms with Gasteiger partial charge in [-0.15, -0.1) is 0 Å². The van der Waals surface area contributed by atoms with Gasteiger partial charge in [0.2, 0.25) is 17.7 Å². The van der Waals surface area contributed by atoms with Crippen molar-refractivity contribution in [3.63, 3.8) is 0 Å². The molecule has 3 amide bonds. The zero-order valence-electron chi connectivity index (χ0n) is 14.7. The molecule has 0 spiro atoms. The third kappa shape index (κ3) is 5.64. The molecule has 1 rings (SSSR count). The van der Waals surface area contributed by atoms with Gasteiger partial charge in [0.1, 0.15) is 12.1 Å².